The van der Waals surface area contributed by atoms with Crippen molar-refractivity contribution in [2.45, 2.75) is 73.1 Å². The fourth-order valence-electron chi connectivity index (χ4n) is 2.06. The minimum absolute atomic E-state index is 0.949. The van der Waals surface area contributed by atoms with Gasteiger partial charge in [-0.15, -0.1) is 0 Å². The summed E-state index contributed by atoms with van der Waals surface area (Å²) >= 11 is 0. The molecule has 0 saturated carbocycles. The van der Waals surface area contributed by atoms with E-state index in [1.54, 1.807) is 0 Å². The highest BCUT2D eigenvalue weighted by Gasteiger charge is 1.93. The molecule has 0 aromatic heterocycles. The molecule has 1 heteroatoms. The highest BCUT2D eigenvalue weighted by Crippen LogP contribution is 2.13. The van der Waals surface area contributed by atoms with Crippen molar-refractivity contribution in [2.75, 3.05) is 0 Å². The third-order valence-electron chi connectivity index (χ3n) is 3.46. The summed E-state index contributed by atoms with van der Waals surface area (Å²) in [6, 6.07) is 0. The molecule has 0 atom stereocenters. The third-order valence-corrected chi connectivity index (χ3v) is 3.46. The van der Waals surface area contributed by atoms with E-state index in [1.807, 2.05) is 13.2 Å². The van der Waals surface area contributed by atoms with Gasteiger partial charge in [-0.1, -0.05) is 40.5 Å². The molecule has 1 nitrogen and oxygen atoms in total. The van der Waals surface area contributed by atoms with Crippen LogP contribution in [0, 0.1) is 0 Å². The lowest BCUT2D eigenvalue weighted by Gasteiger charge is -2.02. The average Bonchev–Trinajstić information content (AvgIpc) is 2.38. The van der Waals surface area contributed by atoms with Crippen LogP contribution in [-0.4, -0.2) is 6.29 Å². The molecular formula is C20H31O. The number of carbonyl (C=O) groups excluding carboxylic acids is 1. The summed E-state index contributed by atoms with van der Waals surface area (Å²) in [6.07, 6.45) is 16.8. The molecule has 0 amide bonds. The molecule has 0 N–H and O–H groups in total. The maximum absolute atomic E-state index is 10.2. The monoisotopic (exact) mass is 287 g/mol. The van der Waals surface area contributed by atoms with Gasteiger partial charge in [-0.05, 0) is 79.2 Å². The predicted octanol–water partition coefficient (Wildman–Crippen LogP) is 6.24. The fourth-order valence-corrected chi connectivity index (χ4v) is 2.06. The minimum atomic E-state index is 0.949. The first-order valence-electron chi connectivity index (χ1n) is 7.93. The molecule has 0 spiro atoms. The van der Waals surface area contributed by atoms with Gasteiger partial charge in [0.05, 0.1) is 0 Å². The topological polar surface area (TPSA) is 17.1 Å². The predicted molar refractivity (Wildman–Crippen MR) is 94.1 cm³/mol. The minimum Gasteiger partial charge on any atom is -0.286 e. The van der Waals surface area contributed by atoms with Gasteiger partial charge in [0.1, 0.15) is 0 Å². The molecule has 0 unspecified atom stereocenters. The summed E-state index contributed by atoms with van der Waals surface area (Å²) < 4.78 is 0. The van der Waals surface area contributed by atoms with Crippen LogP contribution in [0.5, 0.6) is 0 Å². The first kappa shape index (κ1) is 19.6. The molecule has 0 saturated heterocycles. The van der Waals surface area contributed by atoms with E-state index in [9.17, 15) is 4.79 Å². The van der Waals surface area contributed by atoms with Gasteiger partial charge in [-0.25, -0.2) is 0 Å². The molecular weight excluding hydrogens is 256 g/mol. The number of allylic oxidation sites excluding steroid dienone is 8. The van der Waals surface area contributed by atoms with Gasteiger partial charge in [-0.2, -0.15) is 0 Å². The van der Waals surface area contributed by atoms with Crippen LogP contribution in [-0.2, 0) is 4.79 Å². The molecule has 0 aromatic rings. The Morgan fingerprint density at radius 1 is 0.714 bits per heavy atom. The van der Waals surface area contributed by atoms with Crippen molar-refractivity contribution in [3.8, 4) is 0 Å². The first-order chi connectivity index (χ1) is 9.95. The molecule has 0 aliphatic rings. The Labute approximate surface area is 131 Å². The van der Waals surface area contributed by atoms with Crippen molar-refractivity contribution < 1.29 is 4.79 Å². The van der Waals surface area contributed by atoms with Crippen molar-refractivity contribution in [1.82, 2.24) is 0 Å². The van der Waals surface area contributed by atoms with Crippen LogP contribution in [0.3, 0.4) is 0 Å². The smallest absolute Gasteiger partial charge is 0.225 e. The van der Waals surface area contributed by atoms with E-state index in [4.69, 9.17) is 0 Å². The molecule has 0 aliphatic heterocycles. The second-order valence-electron chi connectivity index (χ2n) is 6.11. The Balaban J connectivity index is 3.96. The second kappa shape index (κ2) is 12.4. The van der Waals surface area contributed by atoms with Crippen LogP contribution < -0.4 is 0 Å². The number of hydrogen-bond donors (Lipinski definition) is 0. The third kappa shape index (κ3) is 13.4. The van der Waals surface area contributed by atoms with Crippen LogP contribution in [0.25, 0.3) is 0 Å². The van der Waals surface area contributed by atoms with Crippen LogP contribution in [0.4, 0.5) is 0 Å². The normalized spacial score (nSPS) is 13.3. The van der Waals surface area contributed by atoms with E-state index in [0.29, 0.717) is 0 Å². The van der Waals surface area contributed by atoms with Crippen molar-refractivity contribution >= 4 is 6.29 Å². The summed E-state index contributed by atoms with van der Waals surface area (Å²) in [5, 5.41) is 0. The Bertz CT molecular complexity index is 415. The van der Waals surface area contributed by atoms with Gasteiger partial charge in [0.2, 0.25) is 6.29 Å². The fraction of sp³-hybridized carbons (Fsp3) is 0.550. The quantitative estimate of drug-likeness (QED) is 0.343. The first-order valence-corrected chi connectivity index (χ1v) is 7.93. The highest BCUT2D eigenvalue weighted by molar-refractivity contribution is 5.66. The number of hydrogen-bond acceptors (Lipinski definition) is 1. The molecule has 21 heavy (non-hydrogen) atoms. The molecule has 117 valence electrons. The maximum atomic E-state index is 10.2. The molecule has 0 bridgehead atoms. The van der Waals surface area contributed by atoms with Crippen LogP contribution in [0.1, 0.15) is 73.1 Å². The molecule has 0 aliphatic carbocycles. The zero-order valence-corrected chi connectivity index (χ0v) is 14.5. The zero-order valence-electron chi connectivity index (χ0n) is 14.5. The lowest BCUT2D eigenvalue weighted by Crippen LogP contribution is -1.82. The van der Waals surface area contributed by atoms with Crippen molar-refractivity contribution in [1.29, 1.82) is 0 Å². The highest BCUT2D eigenvalue weighted by atomic mass is 16.1. The average molecular weight is 287 g/mol. The standard InChI is InChI=1S/C20H31O/c1-17(2)9-6-10-18(3)11-7-12-19(4)13-8-14-20(5)15-16-21/h9,11,13,15H,6-8,10,12,14H2,1-5H3/b18-11+,19-13+,20-15+. The van der Waals surface area contributed by atoms with E-state index in [1.165, 1.54) is 29.2 Å². The van der Waals surface area contributed by atoms with E-state index in [0.717, 1.165) is 37.7 Å². The summed E-state index contributed by atoms with van der Waals surface area (Å²) in [5.41, 5.74) is 5.42. The second-order valence-corrected chi connectivity index (χ2v) is 6.11. The molecule has 0 heterocycles. The molecule has 0 rings (SSSR count). The summed E-state index contributed by atoms with van der Waals surface area (Å²) in [6.45, 7) is 10.7. The SMILES string of the molecule is CC(C)=CCC/C(C)=C/CC/C(C)=C/CC/C(C)=C/[C]=O. The molecule has 1 radical (unpaired) electrons. The largest absolute Gasteiger partial charge is 0.286 e. The van der Waals surface area contributed by atoms with E-state index >= 15 is 0 Å². The Hall–Kier alpha value is -1.37. The van der Waals surface area contributed by atoms with Gasteiger partial charge in [0.15, 0.2) is 0 Å². The number of rotatable bonds is 10. The van der Waals surface area contributed by atoms with Crippen molar-refractivity contribution in [3.63, 3.8) is 0 Å². The van der Waals surface area contributed by atoms with Gasteiger partial charge < -0.3 is 0 Å². The Kier molecular flexibility index (Phi) is 11.6. The summed E-state index contributed by atoms with van der Waals surface area (Å²) in [7, 11) is 0. The van der Waals surface area contributed by atoms with E-state index < -0.39 is 0 Å². The Morgan fingerprint density at radius 2 is 1.14 bits per heavy atom. The van der Waals surface area contributed by atoms with Crippen LogP contribution in [0.15, 0.2) is 46.6 Å². The lowest BCUT2D eigenvalue weighted by molar-refractivity contribution is 0.564. The lowest BCUT2D eigenvalue weighted by atomic mass is 10.0. The van der Waals surface area contributed by atoms with Crippen molar-refractivity contribution in [2.24, 2.45) is 0 Å². The van der Waals surface area contributed by atoms with Crippen molar-refractivity contribution in [3.05, 3.63) is 46.6 Å². The van der Waals surface area contributed by atoms with E-state index in [-0.39, 0.29) is 0 Å². The van der Waals surface area contributed by atoms with E-state index in [2.05, 4.69) is 45.9 Å². The zero-order chi connectivity index (χ0) is 16.1. The molecule has 0 aromatic carbocycles. The van der Waals surface area contributed by atoms with Gasteiger partial charge in [-0.3, -0.25) is 4.79 Å². The summed E-state index contributed by atoms with van der Waals surface area (Å²) in [5.74, 6) is 0. The Morgan fingerprint density at radius 3 is 1.57 bits per heavy atom. The molecule has 0 fully saturated rings. The van der Waals surface area contributed by atoms with Gasteiger partial charge >= 0.3 is 0 Å². The maximum Gasteiger partial charge on any atom is 0.225 e. The van der Waals surface area contributed by atoms with Gasteiger partial charge in [0, 0.05) is 0 Å². The summed E-state index contributed by atoms with van der Waals surface area (Å²) in [4.78, 5) is 10.2. The van der Waals surface area contributed by atoms with Crippen LogP contribution >= 0.6 is 0 Å². The van der Waals surface area contributed by atoms with Gasteiger partial charge in [0.25, 0.3) is 0 Å². The van der Waals surface area contributed by atoms with Crippen LogP contribution in [0.2, 0.25) is 0 Å².